The number of para-hydroxylation sites is 1. The lowest BCUT2D eigenvalue weighted by Crippen LogP contribution is -2.46. The van der Waals surface area contributed by atoms with Crippen LogP contribution in [0.5, 0.6) is 0 Å². The van der Waals surface area contributed by atoms with Crippen molar-refractivity contribution in [3.05, 3.63) is 47.3 Å². The van der Waals surface area contributed by atoms with Crippen LogP contribution in [0.4, 0.5) is 0 Å². The number of likely N-dealkylation sites (tertiary alicyclic amines) is 1. The largest absolute Gasteiger partial charge is 0.480 e. The monoisotopic (exact) mass is 382 g/mol. The average Bonchev–Trinajstić information content (AvgIpc) is 3.31. The van der Waals surface area contributed by atoms with Gasteiger partial charge in [-0.25, -0.2) is 4.68 Å². The lowest BCUT2D eigenvalue weighted by molar-refractivity contribution is -0.139. The number of hydrogen-bond donors (Lipinski definition) is 1. The number of aliphatic carboxylic acids is 1. The second-order valence-corrected chi connectivity index (χ2v) is 7.94. The van der Waals surface area contributed by atoms with Crippen molar-refractivity contribution in [2.45, 2.75) is 51.6 Å². The molecule has 0 saturated carbocycles. The standard InChI is InChI=1S/C22H30N4O2/c1-2-25(16-22(27)28)17-11-13-24(14-12-17)15-20-19-9-6-10-21(19)26(23-20)18-7-4-3-5-8-18/h3-5,7-8,17H,2,6,9-16H2,1H3,(H,27,28). The fraction of sp³-hybridized carbons (Fsp3) is 0.545. The van der Waals surface area contributed by atoms with E-state index in [2.05, 4.69) is 45.7 Å². The third-order valence-corrected chi connectivity index (χ3v) is 6.21. The third kappa shape index (κ3) is 3.98. The van der Waals surface area contributed by atoms with E-state index in [1.807, 2.05) is 6.07 Å². The average molecular weight is 383 g/mol. The van der Waals surface area contributed by atoms with Crippen molar-refractivity contribution in [3.63, 3.8) is 0 Å². The zero-order valence-corrected chi connectivity index (χ0v) is 16.7. The van der Waals surface area contributed by atoms with Crippen LogP contribution >= 0.6 is 0 Å². The van der Waals surface area contributed by atoms with E-state index in [1.54, 1.807) is 0 Å². The van der Waals surface area contributed by atoms with Crippen LogP contribution in [0, 0.1) is 0 Å². The Balaban J connectivity index is 1.43. The molecule has 6 nitrogen and oxygen atoms in total. The molecule has 0 atom stereocenters. The van der Waals surface area contributed by atoms with Gasteiger partial charge in [0.2, 0.25) is 0 Å². The van der Waals surface area contributed by atoms with Crippen molar-refractivity contribution >= 4 is 5.97 Å². The van der Waals surface area contributed by atoms with Gasteiger partial charge in [0.05, 0.1) is 17.9 Å². The molecule has 150 valence electrons. The van der Waals surface area contributed by atoms with E-state index in [4.69, 9.17) is 10.2 Å². The van der Waals surface area contributed by atoms with Crippen molar-refractivity contribution in [2.24, 2.45) is 0 Å². The Morgan fingerprint density at radius 2 is 1.96 bits per heavy atom. The molecule has 2 aromatic rings. The summed E-state index contributed by atoms with van der Waals surface area (Å²) in [7, 11) is 0. The Hall–Kier alpha value is -2.18. The summed E-state index contributed by atoms with van der Waals surface area (Å²) in [5.41, 5.74) is 5.22. The summed E-state index contributed by atoms with van der Waals surface area (Å²) < 4.78 is 2.15. The van der Waals surface area contributed by atoms with E-state index in [0.717, 1.165) is 57.5 Å². The van der Waals surface area contributed by atoms with E-state index in [1.165, 1.54) is 23.4 Å². The van der Waals surface area contributed by atoms with Crippen LogP contribution in [0.3, 0.4) is 0 Å². The quantitative estimate of drug-likeness (QED) is 0.798. The molecule has 1 aliphatic carbocycles. The predicted octanol–water partition coefficient (Wildman–Crippen LogP) is 2.73. The number of likely N-dealkylation sites (N-methyl/N-ethyl adjacent to an activating group) is 1. The van der Waals surface area contributed by atoms with Crippen LogP contribution in [0.1, 0.15) is 43.1 Å². The van der Waals surface area contributed by atoms with E-state index in [-0.39, 0.29) is 6.54 Å². The smallest absolute Gasteiger partial charge is 0.317 e. The molecule has 2 heterocycles. The molecule has 28 heavy (non-hydrogen) atoms. The Bertz CT molecular complexity index is 809. The molecule has 1 fully saturated rings. The van der Waals surface area contributed by atoms with Gasteiger partial charge in [0.1, 0.15) is 0 Å². The first-order valence-electron chi connectivity index (χ1n) is 10.5. The molecule has 0 amide bonds. The van der Waals surface area contributed by atoms with Gasteiger partial charge in [0.25, 0.3) is 0 Å². The van der Waals surface area contributed by atoms with Crippen molar-refractivity contribution in [3.8, 4) is 5.69 Å². The SMILES string of the molecule is CCN(CC(=O)O)C1CCN(Cc2nn(-c3ccccc3)c3c2CCC3)CC1. The molecule has 1 saturated heterocycles. The Kier molecular flexibility index (Phi) is 5.78. The van der Waals surface area contributed by atoms with E-state index in [9.17, 15) is 4.79 Å². The van der Waals surface area contributed by atoms with Crippen molar-refractivity contribution in [2.75, 3.05) is 26.2 Å². The Morgan fingerprint density at radius 3 is 2.64 bits per heavy atom. The second kappa shape index (κ2) is 8.45. The van der Waals surface area contributed by atoms with Gasteiger partial charge in [-0.2, -0.15) is 5.10 Å². The molecule has 1 aromatic heterocycles. The Labute approximate surface area is 166 Å². The number of hydrogen-bond acceptors (Lipinski definition) is 4. The number of nitrogens with zero attached hydrogens (tertiary/aromatic N) is 4. The van der Waals surface area contributed by atoms with E-state index < -0.39 is 5.97 Å². The first kappa shape index (κ1) is 19.2. The lowest BCUT2D eigenvalue weighted by Gasteiger charge is -2.37. The highest BCUT2D eigenvalue weighted by molar-refractivity contribution is 5.69. The molecular formula is C22H30N4O2. The van der Waals surface area contributed by atoms with Crippen LogP contribution in [0.2, 0.25) is 0 Å². The van der Waals surface area contributed by atoms with Crippen LogP contribution in [0.25, 0.3) is 5.69 Å². The summed E-state index contributed by atoms with van der Waals surface area (Å²) in [6.07, 6.45) is 5.53. The maximum Gasteiger partial charge on any atom is 0.317 e. The summed E-state index contributed by atoms with van der Waals surface area (Å²) >= 11 is 0. The highest BCUT2D eigenvalue weighted by Crippen LogP contribution is 2.29. The van der Waals surface area contributed by atoms with Gasteiger partial charge in [-0.1, -0.05) is 25.1 Å². The molecule has 2 aliphatic rings. The minimum absolute atomic E-state index is 0.149. The molecule has 0 unspecified atom stereocenters. The van der Waals surface area contributed by atoms with Crippen molar-refractivity contribution in [1.29, 1.82) is 0 Å². The number of fused-ring (bicyclic) bond motifs is 1. The molecule has 0 radical (unpaired) electrons. The minimum Gasteiger partial charge on any atom is -0.480 e. The Morgan fingerprint density at radius 1 is 1.21 bits per heavy atom. The first-order valence-corrected chi connectivity index (χ1v) is 10.5. The van der Waals surface area contributed by atoms with E-state index in [0.29, 0.717) is 6.04 Å². The fourth-order valence-corrected chi connectivity index (χ4v) is 4.75. The van der Waals surface area contributed by atoms with Gasteiger partial charge < -0.3 is 5.11 Å². The number of carboxylic acids is 1. The van der Waals surface area contributed by atoms with Crippen LogP contribution < -0.4 is 0 Å². The predicted molar refractivity (Wildman–Crippen MR) is 109 cm³/mol. The number of rotatable bonds is 7. The summed E-state index contributed by atoms with van der Waals surface area (Å²) in [6, 6.07) is 10.8. The van der Waals surface area contributed by atoms with E-state index >= 15 is 0 Å². The maximum atomic E-state index is 11.1. The summed E-state index contributed by atoms with van der Waals surface area (Å²) in [4.78, 5) is 15.7. The van der Waals surface area contributed by atoms with Gasteiger partial charge in [0, 0.05) is 31.4 Å². The molecule has 1 aliphatic heterocycles. The van der Waals surface area contributed by atoms with Gasteiger partial charge in [-0.15, -0.1) is 0 Å². The number of piperidine rings is 1. The molecule has 0 spiro atoms. The molecule has 4 rings (SSSR count). The molecule has 6 heteroatoms. The summed E-state index contributed by atoms with van der Waals surface area (Å²) in [5.74, 6) is -0.730. The second-order valence-electron chi connectivity index (χ2n) is 7.94. The highest BCUT2D eigenvalue weighted by atomic mass is 16.4. The number of aromatic nitrogens is 2. The van der Waals surface area contributed by atoms with Gasteiger partial charge in [0.15, 0.2) is 0 Å². The normalized spacial score (nSPS) is 17.9. The third-order valence-electron chi connectivity index (χ3n) is 6.21. The zero-order chi connectivity index (χ0) is 19.5. The van der Waals surface area contributed by atoms with Crippen LogP contribution in [-0.2, 0) is 24.2 Å². The lowest BCUT2D eigenvalue weighted by atomic mass is 10.0. The zero-order valence-electron chi connectivity index (χ0n) is 16.7. The van der Waals surface area contributed by atoms with Crippen LogP contribution in [-0.4, -0.2) is 62.9 Å². The molecule has 0 bridgehead atoms. The maximum absolute atomic E-state index is 11.1. The molecule has 1 N–H and O–H groups in total. The topological polar surface area (TPSA) is 61.6 Å². The summed E-state index contributed by atoms with van der Waals surface area (Å²) in [5, 5.41) is 14.1. The van der Waals surface area contributed by atoms with Crippen LogP contribution in [0.15, 0.2) is 30.3 Å². The fourth-order valence-electron chi connectivity index (χ4n) is 4.75. The van der Waals surface area contributed by atoms with Gasteiger partial charge in [-0.3, -0.25) is 14.6 Å². The first-order chi connectivity index (χ1) is 13.7. The molecular weight excluding hydrogens is 352 g/mol. The highest BCUT2D eigenvalue weighted by Gasteiger charge is 2.28. The van der Waals surface area contributed by atoms with Crippen molar-refractivity contribution in [1.82, 2.24) is 19.6 Å². The minimum atomic E-state index is -0.730. The number of carbonyl (C=O) groups is 1. The van der Waals surface area contributed by atoms with Crippen molar-refractivity contribution < 1.29 is 9.90 Å². The van der Waals surface area contributed by atoms with Gasteiger partial charge in [-0.05, 0) is 56.3 Å². The number of benzene rings is 1. The number of carboxylic acid groups (broad SMARTS) is 1. The van der Waals surface area contributed by atoms with Gasteiger partial charge >= 0.3 is 5.97 Å². The molecule has 1 aromatic carbocycles. The summed E-state index contributed by atoms with van der Waals surface area (Å²) in [6.45, 7) is 5.92.